The molecule has 0 aliphatic rings. The topological polar surface area (TPSA) is 49.8 Å². The number of nitrogens with zero attached hydrogens (tertiary/aromatic N) is 1. The number of thiophene rings is 1. The SMILES string of the molecule is CCOC(=O)CC(O)CN(CC)Cc1cccs1. The van der Waals surface area contributed by atoms with Gasteiger partial charge in [-0.25, -0.2) is 0 Å². The lowest BCUT2D eigenvalue weighted by Crippen LogP contribution is -2.33. The number of rotatable bonds is 8. The summed E-state index contributed by atoms with van der Waals surface area (Å²) >= 11 is 1.70. The van der Waals surface area contributed by atoms with Crippen molar-refractivity contribution in [3.8, 4) is 0 Å². The third kappa shape index (κ3) is 5.62. The molecule has 18 heavy (non-hydrogen) atoms. The van der Waals surface area contributed by atoms with Crippen molar-refractivity contribution in [2.75, 3.05) is 19.7 Å². The predicted molar refractivity (Wildman–Crippen MR) is 72.5 cm³/mol. The lowest BCUT2D eigenvalue weighted by molar-refractivity contribution is -0.145. The number of carbonyl (C=O) groups is 1. The lowest BCUT2D eigenvalue weighted by Gasteiger charge is -2.22. The first-order valence-corrected chi connectivity index (χ1v) is 7.12. The molecule has 0 aromatic carbocycles. The van der Waals surface area contributed by atoms with Crippen molar-refractivity contribution in [3.63, 3.8) is 0 Å². The summed E-state index contributed by atoms with van der Waals surface area (Å²) in [5.74, 6) is -0.336. The zero-order valence-corrected chi connectivity index (χ0v) is 11.8. The third-order valence-corrected chi connectivity index (χ3v) is 3.44. The maximum Gasteiger partial charge on any atom is 0.308 e. The molecular weight excluding hydrogens is 250 g/mol. The van der Waals surface area contributed by atoms with Gasteiger partial charge in [0.15, 0.2) is 0 Å². The Morgan fingerprint density at radius 3 is 2.89 bits per heavy atom. The average molecular weight is 271 g/mol. The molecule has 0 amide bonds. The molecule has 0 saturated heterocycles. The second-order valence-electron chi connectivity index (χ2n) is 4.07. The zero-order valence-electron chi connectivity index (χ0n) is 11.0. The van der Waals surface area contributed by atoms with E-state index >= 15 is 0 Å². The fraction of sp³-hybridized carbons (Fsp3) is 0.615. The molecule has 1 heterocycles. The summed E-state index contributed by atoms with van der Waals surface area (Å²) in [6, 6.07) is 4.09. The van der Waals surface area contributed by atoms with Gasteiger partial charge in [0.25, 0.3) is 0 Å². The zero-order chi connectivity index (χ0) is 13.4. The summed E-state index contributed by atoms with van der Waals surface area (Å²) < 4.78 is 4.82. The first-order valence-electron chi connectivity index (χ1n) is 6.24. The van der Waals surface area contributed by atoms with Crippen LogP contribution >= 0.6 is 11.3 Å². The highest BCUT2D eigenvalue weighted by molar-refractivity contribution is 7.09. The highest BCUT2D eigenvalue weighted by atomic mass is 32.1. The minimum atomic E-state index is -0.663. The van der Waals surface area contributed by atoms with Crippen molar-refractivity contribution in [2.45, 2.75) is 32.9 Å². The first kappa shape index (κ1) is 15.1. The number of hydrogen-bond acceptors (Lipinski definition) is 5. The molecule has 1 atom stereocenters. The van der Waals surface area contributed by atoms with Gasteiger partial charge in [-0.2, -0.15) is 0 Å². The van der Waals surface area contributed by atoms with E-state index in [1.807, 2.05) is 18.4 Å². The van der Waals surface area contributed by atoms with Gasteiger partial charge in [-0.1, -0.05) is 13.0 Å². The summed E-state index contributed by atoms with van der Waals surface area (Å²) in [5, 5.41) is 11.9. The minimum Gasteiger partial charge on any atom is -0.466 e. The molecule has 102 valence electrons. The Balaban J connectivity index is 2.35. The van der Waals surface area contributed by atoms with Crippen LogP contribution in [0.25, 0.3) is 0 Å². The number of aliphatic hydroxyl groups is 1. The molecule has 1 N–H and O–H groups in total. The fourth-order valence-corrected chi connectivity index (χ4v) is 2.45. The number of carbonyl (C=O) groups excluding carboxylic acids is 1. The summed E-state index contributed by atoms with van der Waals surface area (Å²) in [6.07, 6.45) is -0.599. The Morgan fingerprint density at radius 1 is 1.56 bits per heavy atom. The number of likely N-dealkylation sites (N-methyl/N-ethyl adjacent to an activating group) is 1. The Kier molecular flexibility index (Phi) is 6.93. The quantitative estimate of drug-likeness (QED) is 0.734. The van der Waals surface area contributed by atoms with Crippen molar-refractivity contribution in [2.24, 2.45) is 0 Å². The monoisotopic (exact) mass is 271 g/mol. The molecule has 0 aliphatic heterocycles. The van der Waals surface area contributed by atoms with Gasteiger partial charge in [-0.05, 0) is 24.9 Å². The molecule has 0 saturated carbocycles. The van der Waals surface area contributed by atoms with Crippen LogP contribution in [0.4, 0.5) is 0 Å². The Labute approximate surface area is 112 Å². The summed E-state index contributed by atoms with van der Waals surface area (Å²) in [4.78, 5) is 14.6. The highest BCUT2D eigenvalue weighted by Gasteiger charge is 2.15. The number of esters is 1. The van der Waals surface area contributed by atoms with Gasteiger partial charge in [0.2, 0.25) is 0 Å². The summed E-state index contributed by atoms with van der Waals surface area (Å²) in [5.41, 5.74) is 0. The van der Waals surface area contributed by atoms with Crippen LogP contribution in [0.1, 0.15) is 25.1 Å². The van der Waals surface area contributed by atoms with E-state index in [9.17, 15) is 9.90 Å². The van der Waals surface area contributed by atoms with Gasteiger partial charge >= 0.3 is 5.97 Å². The number of aliphatic hydroxyl groups excluding tert-OH is 1. The van der Waals surface area contributed by atoms with Crippen LogP contribution in [-0.4, -0.2) is 41.8 Å². The second kappa shape index (κ2) is 8.24. The summed E-state index contributed by atoms with van der Waals surface area (Å²) in [7, 11) is 0. The van der Waals surface area contributed by atoms with Crippen LogP contribution in [0.15, 0.2) is 17.5 Å². The first-order chi connectivity index (χ1) is 8.65. The van der Waals surface area contributed by atoms with Gasteiger partial charge in [0, 0.05) is 18.0 Å². The van der Waals surface area contributed by atoms with Gasteiger partial charge in [0.1, 0.15) is 0 Å². The van der Waals surface area contributed by atoms with Crippen LogP contribution in [-0.2, 0) is 16.1 Å². The standard InChI is InChI=1S/C13H21NO3S/c1-3-14(10-12-6-5-7-18-12)9-11(15)8-13(16)17-4-2/h5-7,11,15H,3-4,8-10H2,1-2H3. The minimum absolute atomic E-state index is 0.0643. The molecule has 0 fully saturated rings. The molecule has 4 nitrogen and oxygen atoms in total. The Bertz CT molecular complexity index is 340. The fourth-order valence-electron chi connectivity index (χ4n) is 1.70. The normalized spacial score (nSPS) is 12.7. The van der Waals surface area contributed by atoms with E-state index in [2.05, 4.69) is 11.0 Å². The van der Waals surface area contributed by atoms with E-state index in [1.54, 1.807) is 18.3 Å². The largest absolute Gasteiger partial charge is 0.466 e. The molecule has 0 radical (unpaired) electrons. The van der Waals surface area contributed by atoms with Crippen molar-refractivity contribution in [1.29, 1.82) is 0 Å². The molecule has 1 aromatic heterocycles. The van der Waals surface area contributed by atoms with Crippen molar-refractivity contribution in [3.05, 3.63) is 22.4 Å². The van der Waals surface area contributed by atoms with Crippen LogP contribution in [0, 0.1) is 0 Å². The van der Waals surface area contributed by atoms with Gasteiger partial charge < -0.3 is 9.84 Å². The second-order valence-corrected chi connectivity index (χ2v) is 5.10. The van der Waals surface area contributed by atoms with Crippen LogP contribution in [0.3, 0.4) is 0 Å². The maximum absolute atomic E-state index is 11.2. The molecule has 5 heteroatoms. The Hall–Kier alpha value is -0.910. The van der Waals surface area contributed by atoms with E-state index in [0.29, 0.717) is 13.2 Å². The van der Waals surface area contributed by atoms with Crippen LogP contribution in [0.2, 0.25) is 0 Å². The molecule has 1 aromatic rings. The molecule has 1 unspecified atom stereocenters. The van der Waals surface area contributed by atoms with Crippen LogP contribution in [0.5, 0.6) is 0 Å². The van der Waals surface area contributed by atoms with E-state index in [0.717, 1.165) is 13.1 Å². The molecular formula is C13H21NO3S. The van der Waals surface area contributed by atoms with E-state index in [1.165, 1.54) is 4.88 Å². The molecule has 0 bridgehead atoms. The van der Waals surface area contributed by atoms with Gasteiger partial charge in [-0.15, -0.1) is 11.3 Å². The number of hydrogen-bond donors (Lipinski definition) is 1. The average Bonchev–Trinajstić information content (AvgIpc) is 2.81. The summed E-state index contributed by atoms with van der Waals surface area (Å²) in [6.45, 7) is 6.32. The van der Waals surface area contributed by atoms with Gasteiger partial charge in [0.05, 0.1) is 19.1 Å². The van der Waals surface area contributed by atoms with E-state index in [4.69, 9.17) is 4.74 Å². The molecule has 0 spiro atoms. The lowest BCUT2D eigenvalue weighted by atomic mass is 10.2. The molecule has 0 aliphatic carbocycles. The van der Waals surface area contributed by atoms with Crippen molar-refractivity contribution in [1.82, 2.24) is 4.90 Å². The van der Waals surface area contributed by atoms with Crippen LogP contribution < -0.4 is 0 Å². The van der Waals surface area contributed by atoms with E-state index in [-0.39, 0.29) is 12.4 Å². The smallest absolute Gasteiger partial charge is 0.308 e. The third-order valence-electron chi connectivity index (χ3n) is 2.58. The molecule has 1 rings (SSSR count). The highest BCUT2D eigenvalue weighted by Crippen LogP contribution is 2.12. The van der Waals surface area contributed by atoms with Crippen molar-refractivity contribution >= 4 is 17.3 Å². The van der Waals surface area contributed by atoms with E-state index < -0.39 is 6.10 Å². The Morgan fingerprint density at radius 2 is 2.33 bits per heavy atom. The maximum atomic E-state index is 11.2. The predicted octanol–water partition coefficient (Wildman–Crippen LogP) is 1.88. The number of ether oxygens (including phenoxy) is 1. The van der Waals surface area contributed by atoms with Gasteiger partial charge in [-0.3, -0.25) is 9.69 Å². The van der Waals surface area contributed by atoms with Crippen molar-refractivity contribution < 1.29 is 14.6 Å².